The van der Waals surface area contributed by atoms with E-state index < -0.39 is 18.0 Å². The van der Waals surface area contributed by atoms with Crippen LogP contribution in [0.3, 0.4) is 0 Å². The number of hydrogen-bond donors (Lipinski definition) is 1. The Morgan fingerprint density at radius 2 is 1.81 bits per heavy atom. The fourth-order valence-corrected chi connectivity index (χ4v) is 1.82. The maximum Gasteiger partial charge on any atom is 0.339 e. The molecule has 0 saturated heterocycles. The summed E-state index contributed by atoms with van der Waals surface area (Å²) in [7, 11) is 0. The van der Waals surface area contributed by atoms with Crippen molar-refractivity contribution in [2.75, 3.05) is 0 Å². The van der Waals surface area contributed by atoms with Gasteiger partial charge in [0.2, 0.25) is 0 Å². The fraction of sp³-hybridized carbons (Fsp3) is 0.312. The van der Waals surface area contributed by atoms with Crippen LogP contribution in [-0.4, -0.2) is 28.9 Å². The lowest BCUT2D eigenvalue weighted by atomic mass is 10.0. The number of benzene rings is 1. The van der Waals surface area contributed by atoms with E-state index in [1.165, 1.54) is 18.2 Å². The number of carboxylic acid groups (broad SMARTS) is 1. The molecule has 1 atom stereocenters. The van der Waals surface area contributed by atoms with E-state index in [2.05, 4.69) is 6.58 Å². The molecule has 21 heavy (non-hydrogen) atoms. The Morgan fingerprint density at radius 3 is 2.29 bits per heavy atom. The highest BCUT2D eigenvalue weighted by atomic mass is 16.5. The summed E-state index contributed by atoms with van der Waals surface area (Å²) < 4.78 is 5.18. The molecule has 1 aromatic carbocycles. The zero-order valence-electron chi connectivity index (χ0n) is 12.1. The molecule has 1 N–H and O–H groups in total. The van der Waals surface area contributed by atoms with E-state index in [4.69, 9.17) is 9.84 Å². The van der Waals surface area contributed by atoms with E-state index in [0.29, 0.717) is 18.4 Å². The average molecular weight is 290 g/mol. The van der Waals surface area contributed by atoms with Crippen molar-refractivity contribution in [3.63, 3.8) is 0 Å². The number of hydrogen-bond acceptors (Lipinski definition) is 4. The van der Waals surface area contributed by atoms with Gasteiger partial charge >= 0.3 is 11.9 Å². The molecule has 0 heterocycles. The molecule has 0 spiro atoms. The van der Waals surface area contributed by atoms with Crippen molar-refractivity contribution in [3.8, 4) is 0 Å². The molecular formula is C16H18O5. The molecule has 1 rings (SSSR count). The summed E-state index contributed by atoms with van der Waals surface area (Å²) in [6, 6.07) is 5.73. The molecule has 5 heteroatoms. The monoisotopic (exact) mass is 290 g/mol. The van der Waals surface area contributed by atoms with Gasteiger partial charge in [-0.25, -0.2) is 9.59 Å². The van der Waals surface area contributed by atoms with Gasteiger partial charge in [0, 0.05) is 0 Å². The molecule has 0 bridgehead atoms. The van der Waals surface area contributed by atoms with Crippen LogP contribution < -0.4 is 0 Å². The maximum absolute atomic E-state index is 12.1. The van der Waals surface area contributed by atoms with Crippen LogP contribution in [0.5, 0.6) is 0 Å². The third kappa shape index (κ3) is 4.27. The van der Waals surface area contributed by atoms with Crippen LogP contribution in [0.25, 0.3) is 0 Å². The lowest BCUT2D eigenvalue weighted by molar-refractivity contribution is -0.124. The van der Waals surface area contributed by atoms with Gasteiger partial charge in [-0.3, -0.25) is 4.79 Å². The van der Waals surface area contributed by atoms with E-state index >= 15 is 0 Å². The van der Waals surface area contributed by atoms with Crippen molar-refractivity contribution in [3.05, 3.63) is 47.5 Å². The highest BCUT2D eigenvalue weighted by molar-refractivity contribution is 6.04. The lowest BCUT2D eigenvalue weighted by Gasteiger charge is -2.16. The molecule has 0 aliphatic rings. The highest BCUT2D eigenvalue weighted by Crippen LogP contribution is 2.15. The second-order valence-corrected chi connectivity index (χ2v) is 4.68. The van der Waals surface area contributed by atoms with Crippen molar-refractivity contribution < 1.29 is 24.2 Å². The average Bonchev–Trinajstić information content (AvgIpc) is 2.45. The van der Waals surface area contributed by atoms with Crippen LogP contribution >= 0.6 is 0 Å². The zero-order valence-corrected chi connectivity index (χ0v) is 12.1. The SMILES string of the molecule is C=C(C)C(=O)C(CCC)OC(=O)c1ccccc1C(=O)O. The summed E-state index contributed by atoms with van der Waals surface area (Å²) in [5.41, 5.74) is 0.0777. The summed E-state index contributed by atoms with van der Waals surface area (Å²) in [6.45, 7) is 6.95. The van der Waals surface area contributed by atoms with Crippen LogP contribution in [-0.2, 0) is 9.53 Å². The Bertz CT molecular complexity index is 574. The first-order chi connectivity index (χ1) is 9.88. The normalized spacial score (nSPS) is 11.5. The van der Waals surface area contributed by atoms with Gasteiger partial charge < -0.3 is 9.84 Å². The van der Waals surface area contributed by atoms with Crippen LogP contribution in [0.2, 0.25) is 0 Å². The maximum atomic E-state index is 12.1. The summed E-state index contributed by atoms with van der Waals surface area (Å²) in [5.74, 6) is -2.39. The summed E-state index contributed by atoms with van der Waals surface area (Å²) in [6.07, 6.45) is 0.0892. The molecule has 1 unspecified atom stereocenters. The van der Waals surface area contributed by atoms with Gasteiger partial charge in [-0.05, 0) is 31.1 Å². The number of Topliss-reactive ketones (excluding diaryl/α,β-unsaturated/α-hetero) is 1. The van der Waals surface area contributed by atoms with Crippen molar-refractivity contribution >= 4 is 17.7 Å². The molecule has 0 fully saturated rings. The van der Waals surface area contributed by atoms with Gasteiger partial charge in [0.15, 0.2) is 11.9 Å². The Hall–Kier alpha value is -2.43. The largest absolute Gasteiger partial charge is 0.478 e. The number of ether oxygens (including phenoxy) is 1. The number of carboxylic acids is 1. The number of carbonyl (C=O) groups excluding carboxylic acids is 2. The smallest absolute Gasteiger partial charge is 0.339 e. The molecule has 0 aliphatic carbocycles. The van der Waals surface area contributed by atoms with Gasteiger partial charge in [0.05, 0.1) is 11.1 Å². The second-order valence-electron chi connectivity index (χ2n) is 4.68. The minimum absolute atomic E-state index is 0.0689. The molecule has 0 aromatic heterocycles. The molecule has 1 aromatic rings. The van der Waals surface area contributed by atoms with Crippen molar-refractivity contribution in [1.29, 1.82) is 0 Å². The number of rotatable bonds is 7. The molecule has 0 radical (unpaired) electrons. The molecule has 5 nitrogen and oxygen atoms in total. The number of carbonyl (C=O) groups is 3. The quantitative estimate of drug-likeness (QED) is 0.617. The predicted octanol–water partition coefficient (Wildman–Crippen LogP) is 2.86. The summed E-state index contributed by atoms with van der Waals surface area (Å²) in [5, 5.41) is 9.06. The molecular weight excluding hydrogens is 272 g/mol. The number of aromatic carboxylic acids is 1. The van der Waals surface area contributed by atoms with Gasteiger partial charge in [0.1, 0.15) is 0 Å². The summed E-state index contributed by atoms with van der Waals surface area (Å²) in [4.78, 5) is 35.1. The standard InChI is InChI=1S/C16H18O5/c1-4-7-13(14(17)10(2)3)21-16(20)12-9-6-5-8-11(12)15(18)19/h5-6,8-9,13H,2,4,7H2,1,3H3,(H,18,19). The van der Waals surface area contributed by atoms with Crippen LogP contribution in [0.4, 0.5) is 0 Å². The van der Waals surface area contributed by atoms with Gasteiger partial charge in [-0.15, -0.1) is 0 Å². The molecule has 0 saturated carbocycles. The Balaban J connectivity index is 3.00. The van der Waals surface area contributed by atoms with E-state index in [-0.39, 0.29) is 16.9 Å². The second kappa shape index (κ2) is 7.38. The first-order valence-corrected chi connectivity index (χ1v) is 6.61. The lowest BCUT2D eigenvalue weighted by Crippen LogP contribution is -2.28. The number of ketones is 1. The van der Waals surface area contributed by atoms with E-state index in [1.54, 1.807) is 13.0 Å². The number of esters is 1. The third-order valence-electron chi connectivity index (χ3n) is 2.89. The first kappa shape index (κ1) is 16.6. The predicted molar refractivity (Wildman–Crippen MR) is 77.3 cm³/mol. The van der Waals surface area contributed by atoms with Gasteiger partial charge in [0.25, 0.3) is 0 Å². The van der Waals surface area contributed by atoms with Crippen molar-refractivity contribution in [2.24, 2.45) is 0 Å². The van der Waals surface area contributed by atoms with Gasteiger partial charge in [-0.1, -0.05) is 32.1 Å². The molecule has 112 valence electrons. The molecule has 0 amide bonds. The summed E-state index contributed by atoms with van der Waals surface area (Å²) >= 11 is 0. The van der Waals surface area contributed by atoms with E-state index in [1.807, 2.05) is 6.92 Å². The van der Waals surface area contributed by atoms with E-state index in [9.17, 15) is 14.4 Å². The first-order valence-electron chi connectivity index (χ1n) is 6.61. The minimum Gasteiger partial charge on any atom is -0.478 e. The zero-order chi connectivity index (χ0) is 16.0. The fourth-order valence-electron chi connectivity index (χ4n) is 1.82. The van der Waals surface area contributed by atoms with Crippen LogP contribution in [0.15, 0.2) is 36.4 Å². The van der Waals surface area contributed by atoms with Gasteiger partial charge in [-0.2, -0.15) is 0 Å². The Morgan fingerprint density at radius 1 is 1.24 bits per heavy atom. The van der Waals surface area contributed by atoms with E-state index in [0.717, 1.165) is 0 Å². The van der Waals surface area contributed by atoms with Crippen LogP contribution in [0, 0.1) is 0 Å². The highest BCUT2D eigenvalue weighted by Gasteiger charge is 2.25. The topological polar surface area (TPSA) is 80.7 Å². The Labute approximate surface area is 123 Å². The van der Waals surface area contributed by atoms with Crippen LogP contribution in [0.1, 0.15) is 47.4 Å². The third-order valence-corrected chi connectivity index (χ3v) is 2.89. The Kier molecular flexibility index (Phi) is 5.84. The minimum atomic E-state index is -1.22. The van der Waals surface area contributed by atoms with Crippen molar-refractivity contribution in [2.45, 2.75) is 32.8 Å². The van der Waals surface area contributed by atoms with Crippen molar-refractivity contribution in [1.82, 2.24) is 0 Å². The molecule has 0 aliphatic heterocycles.